The zero-order valence-corrected chi connectivity index (χ0v) is 14.2. The molecule has 0 heterocycles. The molecule has 2 aromatic rings. The molecule has 0 saturated carbocycles. The third-order valence-corrected chi connectivity index (χ3v) is 3.98. The van der Waals surface area contributed by atoms with E-state index in [-0.39, 0.29) is 6.04 Å². The molecule has 0 aliphatic heterocycles. The van der Waals surface area contributed by atoms with Crippen LogP contribution in [0.1, 0.15) is 24.9 Å². The van der Waals surface area contributed by atoms with Gasteiger partial charge in [-0.3, -0.25) is 0 Å². The van der Waals surface area contributed by atoms with Crippen LogP contribution in [0, 0.1) is 0 Å². The molecule has 0 fully saturated rings. The Bertz CT molecular complexity index is 613. The molecular weight excluding hydrogens is 328 g/mol. The average Bonchev–Trinajstić information content (AvgIpc) is 2.47. The number of benzene rings is 2. The van der Waals surface area contributed by atoms with Crippen molar-refractivity contribution in [2.24, 2.45) is 0 Å². The largest absolute Gasteiger partial charge is 0.508 e. The maximum absolute atomic E-state index is 10.1. The smallest absolute Gasteiger partial charge is 0.120 e. The number of hydrogen-bond donors (Lipinski definition) is 2. The molecule has 2 N–H and O–H groups in total. The molecule has 2 rings (SSSR count). The van der Waals surface area contributed by atoms with Crippen LogP contribution in [-0.2, 0) is 0 Å². The zero-order chi connectivity index (χ0) is 15.4. The quantitative estimate of drug-likeness (QED) is 0.815. The summed E-state index contributed by atoms with van der Waals surface area (Å²) in [5.74, 6) is 0.319. The lowest BCUT2D eigenvalue weighted by atomic mass is 10.0. The Labute approximate surface area is 134 Å². The number of aromatic hydroxyl groups is 1. The van der Waals surface area contributed by atoms with Gasteiger partial charge in [0.2, 0.25) is 0 Å². The van der Waals surface area contributed by atoms with Crippen LogP contribution in [0.3, 0.4) is 0 Å². The van der Waals surface area contributed by atoms with E-state index < -0.39 is 0 Å². The Kier molecular flexibility index (Phi) is 5.12. The van der Waals surface area contributed by atoms with E-state index in [4.69, 9.17) is 0 Å². The summed E-state index contributed by atoms with van der Waals surface area (Å²) in [7, 11) is 4.05. The summed E-state index contributed by atoms with van der Waals surface area (Å²) in [4.78, 5) is 2.08. The van der Waals surface area contributed by atoms with Crippen LogP contribution in [0.5, 0.6) is 5.75 Å². The molecule has 0 spiro atoms. The minimum atomic E-state index is 0.0589. The van der Waals surface area contributed by atoms with Crippen LogP contribution in [-0.4, -0.2) is 19.2 Å². The molecule has 4 heteroatoms. The molecule has 0 aliphatic carbocycles. The van der Waals surface area contributed by atoms with Gasteiger partial charge in [-0.2, -0.15) is 0 Å². The minimum absolute atomic E-state index is 0.0589. The van der Waals surface area contributed by atoms with Gasteiger partial charge in [-0.1, -0.05) is 35.0 Å². The van der Waals surface area contributed by atoms with Gasteiger partial charge in [0.15, 0.2) is 0 Å². The lowest BCUT2D eigenvalue weighted by Gasteiger charge is -2.24. The predicted molar refractivity (Wildman–Crippen MR) is 93.2 cm³/mol. The SMILES string of the molecule is CCC(Nc1ccccc1N(C)C)c1cc(Br)ccc1O. The molecule has 2 aromatic carbocycles. The van der Waals surface area contributed by atoms with Crippen LogP contribution < -0.4 is 10.2 Å². The van der Waals surface area contributed by atoms with Crippen molar-refractivity contribution in [2.45, 2.75) is 19.4 Å². The van der Waals surface area contributed by atoms with Crippen molar-refractivity contribution in [1.82, 2.24) is 0 Å². The van der Waals surface area contributed by atoms with Gasteiger partial charge in [0, 0.05) is 24.1 Å². The fourth-order valence-electron chi connectivity index (χ4n) is 2.38. The highest BCUT2D eigenvalue weighted by Crippen LogP contribution is 2.34. The average molecular weight is 349 g/mol. The van der Waals surface area contributed by atoms with E-state index in [0.717, 1.165) is 27.8 Å². The second kappa shape index (κ2) is 6.85. The summed E-state index contributed by atoms with van der Waals surface area (Å²) in [6, 6.07) is 13.8. The van der Waals surface area contributed by atoms with Crippen LogP contribution in [0.4, 0.5) is 11.4 Å². The Balaban J connectivity index is 2.34. The normalized spacial score (nSPS) is 12.0. The lowest BCUT2D eigenvalue weighted by Crippen LogP contribution is -2.15. The van der Waals surface area contributed by atoms with Crippen molar-refractivity contribution in [3.8, 4) is 5.75 Å². The van der Waals surface area contributed by atoms with E-state index in [2.05, 4.69) is 45.2 Å². The van der Waals surface area contributed by atoms with Crippen LogP contribution in [0.25, 0.3) is 0 Å². The summed E-state index contributed by atoms with van der Waals surface area (Å²) in [5.41, 5.74) is 3.10. The van der Waals surface area contributed by atoms with Crippen LogP contribution in [0.2, 0.25) is 0 Å². The molecule has 0 aliphatic rings. The third kappa shape index (κ3) is 3.70. The summed E-state index contributed by atoms with van der Waals surface area (Å²) in [6.45, 7) is 2.11. The molecule has 0 aromatic heterocycles. The highest BCUT2D eigenvalue weighted by atomic mass is 79.9. The van der Waals surface area contributed by atoms with E-state index in [1.165, 1.54) is 0 Å². The van der Waals surface area contributed by atoms with Crippen molar-refractivity contribution in [3.05, 3.63) is 52.5 Å². The van der Waals surface area contributed by atoms with Gasteiger partial charge in [0.25, 0.3) is 0 Å². The van der Waals surface area contributed by atoms with Gasteiger partial charge in [-0.25, -0.2) is 0 Å². The number of nitrogens with zero attached hydrogens (tertiary/aromatic N) is 1. The molecule has 0 amide bonds. The topological polar surface area (TPSA) is 35.5 Å². The lowest BCUT2D eigenvalue weighted by molar-refractivity contribution is 0.462. The Morgan fingerprint density at radius 3 is 2.57 bits per heavy atom. The van der Waals surface area contributed by atoms with E-state index in [1.807, 2.05) is 38.4 Å². The van der Waals surface area contributed by atoms with Crippen molar-refractivity contribution < 1.29 is 5.11 Å². The van der Waals surface area contributed by atoms with Crippen molar-refractivity contribution in [3.63, 3.8) is 0 Å². The van der Waals surface area contributed by atoms with E-state index in [1.54, 1.807) is 6.07 Å². The van der Waals surface area contributed by atoms with Gasteiger partial charge in [0.1, 0.15) is 5.75 Å². The van der Waals surface area contributed by atoms with E-state index in [9.17, 15) is 5.11 Å². The fourth-order valence-corrected chi connectivity index (χ4v) is 2.76. The van der Waals surface area contributed by atoms with Crippen LogP contribution >= 0.6 is 15.9 Å². The Morgan fingerprint density at radius 2 is 1.90 bits per heavy atom. The first kappa shape index (κ1) is 15.7. The molecule has 1 atom stereocenters. The molecule has 0 radical (unpaired) electrons. The van der Waals surface area contributed by atoms with Crippen molar-refractivity contribution in [2.75, 3.05) is 24.3 Å². The number of halogens is 1. The molecule has 112 valence electrons. The predicted octanol–water partition coefficient (Wildman–Crippen LogP) is 4.78. The fraction of sp³-hybridized carbons (Fsp3) is 0.294. The Morgan fingerprint density at radius 1 is 1.19 bits per heavy atom. The first-order valence-electron chi connectivity index (χ1n) is 7.04. The maximum atomic E-state index is 10.1. The van der Waals surface area contributed by atoms with E-state index >= 15 is 0 Å². The standard InChI is InChI=1S/C17H21BrN2O/c1-4-14(13-11-12(18)9-10-17(13)21)19-15-7-5-6-8-16(15)20(2)3/h5-11,14,19,21H,4H2,1-3H3. The first-order valence-corrected chi connectivity index (χ1v) is 7.83. The maximum Gasteiger partial charge on any atom is 0.120 e. The zero-order valence-electron chi connectivity index (χ0n) is 12.6. The van der Waals surface area contributed by atoms with Gasteiger partial charge in [-0.05, 0) is 36.8 Å². The number of hydrogen-bond acceptors (Lipinski definition) is 3. The number of rotatable bonds is 5. The molecular formula is C17H21BrN2O. The summed E-state index contributed by atoms with van der Waals surface area (Å²) >= 11 is 3.47. The minimum Gasteiger partial charge on any atom is -0.508 e. The summed E-state index contributed by atoms with van der Waals surface area (Å²) < 4.78 is 0.969. The number of para-hydroxylation sites is 2. The van der Waals surface area contributed by atoms with Gasteiger partial charge < -0.3 is 15.3 Å². The highest BCUT2D eigenvalue weighted by molar-refractivity contribution is 9.10. The third-order valence-electron chi connectivity index (χ3n) is 3.49. The van der Waals surface area contributed by atoms with Gasteiger partial charge in [-0.15, -0.1) is 0 Å². The molecule has 21 heavy (non-hydrogen) atoms. The summed E-state index contributed by atoms with van der Waals surface area (Å²) in [6.07, 6.45) is 0.881. The number of anilines is 2. The number of phenols is 1. The first-order chi connectivity index (χ1) is 10.0. The second-order valence-corrected chi connectivity index (χ2v) is 6.14. The number of nitrogens with one attached hydrogen (secondary N) is 1. The second-order valence-electron chi connectivity index (χ2n) is 5.22. The van der Waals surface area contributed by atoms with Crippen molar-refractivity contribution in [1.29, 1.82) is 0 Å². The highest BCUT2D eigenvalue weighted by Gasteiger charge is 2.15. The Hall–Kier alpha value is -1.68. The van der Waals surface area contributed by atoms with Crippen molar-refractivity contribution >= 4 is 27.3 Å². The van der Waals surface area contributed by atoms with E-state index in [0.29, 0.717) is 5.75 Å². The monoisotopic (exact) mass is 348 g/mol. The molecule has 1 unspecified atom stereocenters. The molecule has 0 saturated heterocycles. The summed E-state index contributed by atoms with van der Waals surface area (Å²) in [5, 5.41) is 13.7. The molecule has 3 nitrogen and oxygen atoms in total. The van der Waals surface area contributed by atoms with Gasteiger partial charge >= 0.3 is 0 Å². The molecule has 0 bridgehead atoms. The van der Waals surface area contributed by atoms with Crippen LogP contribution in [0.15, 0.2) is 46.9 Å². The number of phenolic OH excluding ortho intramolecular Hbond substituents is 1. The van der Waals surface area contributed by atoms with Gasteiger partial charge in [0.05, 0.1) is 17.4 Å².